The van der Waals surface area contributed by atoms with Gasteiger partial charge in [-0.2, -0.15) is 24.7 Å². The van der Waals surface area contributed by atoms with Crippen LogP contribution >= 0.6 is 0 Å². The summed E-state index contributed by atoms with van der Waals surface area (Å²) in [6.45, 7) is 0.439. The summed E-state index contributed by atoms with van der Waals surface area (Å²) in [5.74, 6) is 0.117. The highest BCUT2D eigenvalue weighted by Gasteiger charge is 2.21. The number of nitrogens with one attached hydrogen (secondary N) is 3. The van der Waals surface area contributed by atoms with Crippen LogP contribution in [0.2, 0.25) is 0 Å². The minimum atomic E-state index is -0.507. The highest BCUT2D eigenvalue weighted by molar-refractivity contribution is 5.57. The van der Waals surface area contributed by atoms with Gasteiger partial charge in [0.25, 0.3) is 5.62 Å². The lowest BCUT2D eigenvalue weighted by atomic mass is 10.2. The molecular formula is C21H19N11O2. The minimum Gasteiger partial charge on any atom is -0.493 e. The third-order valence-electron chi connectivity index (χ3n) is 5.35. The van der Waals surface area contributed by atoms with Crippen LogP contribution < -0.4 is 21.8 Å². The standard InChI is InChI=1S/C21H19N11O2/c33-18-15(27-21(34)29-18)7-13-9-24-32-17(13)28-19(30-20(32)26-14-5-6-14)23-8-12-3-1-2-4-16(12)31-11-22-10-25-31/h1-4,7,9-11,14,33H,5-6,8H2,(H,23,26,30)(H2,27,29,34)/b13-7+. The summed E-state index contributed by atoms with van der Waals surface area (Å²) in [7, 11) is 0. The molecule has 4 aromatic heterocycles. The molecule has 0 bridgehead atoms. The third kappa shape index (κ3) is 3.79. The van der Waals surface area contributed by atoms with E-state index in [-0.39, 0.29) is 17.6 Å². The number of hydrogen-bond acceptors (Lipinski definition) is 9. The number of fused-ring (bicyclic) bond motifs is 1. The van der Waals surface area contributed by atoms with E-state index in [1.165, 1.54) is 6.33 Å². The Morgan fingerprint density at radius 3 is 2.85 bits per heavy atom. The maximum Gasteiger partial charge on any atom is 0.326 e. The number of rotatable bonds is 6. The van der Waals surface area contributed by atoms with Crippen LogP contribution in [0.1, 0.15) is 24.1 Å². The molecule has 13 heteroatoms. The Hall–Kier alpha value is -4.81. The van der Waals surface area contributed by atoms with Gasteiger partial charge in [-0.05, 0) is 30.5 Å². The highest BCUT2D eigenvalue weighted by atomic mass is 16.3. The molecule has 4 N–H and O–H groups in total. The van der Waals surface area contributed by atoms with Gasteiger partial charge in [-0.25, -0.2) is 19.5 Å². The van der Waals surface area contributed by atoms with Crippen LogP contribution in [0.4, 0.5) is 5.95 Å². The smallest absolute Gasteiger partial charge is 0.326 e. The van der Waals surface area contributed by atoms with Crippen molar-refractivity contribution in [2.45, 2.75) is 25.4 Å². The minimum absolute atomic E-state index is 0.223. The molecule has 5 aromatic rings. The van der Waals surface area contributed by atoms with E-state index in [2.05, 4.69) is 45.4 Å². The van der Waals surface area contributed by atoms with E-state index in [4.69, 9.17) is 0 Å². The molecule has 0 spiro atoms. The fraction of sp³-hybridized carbons (Fsp3) is 0.190. The molecule has 34 heavy (non-hydrogen) atoms. The van der Waals surface area contributed by atoms with Crippen molar-refractivity contribution in [3.05, 3.63) is 75.7 Å². The number of nitrogens with zero attached hydrogens (tertiary/aromatic N) is 8. The van der Waals surface area contributed by atoms with Crippen molar-refractivity contribution < 1.29 is 5.11 Å². The van der Waals surface area contributed by atoms with E-state index in [9.17, 15) is 9.90 Å². The zero-order chi connectivity index (χ0) is 23.1. The number of aromatic amines is 2. The van der Waals surface area contributed by atoms with Crippen LogP contribution in [0.5, 0.6) is 5.88 Å². The second kappa shape index (κ2) is 7.95. The molecule has 1 aromatic carbocycles. The van der Waals surface area contributed by atoms with Crippen LogP contribution in [0.25, 0.3) is 17.4 Å². The normalized spacial score (nSPS) is 14.8. The summed E-state index contributed by atoms with van der Waals surface area (Å²) in [6.07, 6.45) is 8.33. The molecule has 1 saturated carbocycles. The highest BCUT2D eigenvalue weighted by Crippen LogP contribution is 2.22. The number of para-hydroxylation sites is 1. The van der Waals surface area contributed by atoms with Crippen LogP contribution in [-0.2, 0) is 6.54 Å². The van der Waals surface area contributed by atoms with Gasteiger partial charge in [0.05, 0.1) is 17.9 Å². The lowest BCUT2D eigenvalue weighted by Gasteiger charge is -2.10. The fourth-order valence-electron chi connectivity index (χ4n) is 3.55. The number of anilines is 1. The summed E-state index contributed by atoms with van der Waals surface area (Å²) in [5.41, 5.74) is 2.52. The molecule has 170 valence electrons. The molecule has 13 nitrogen and oxygen atoms in total. The molecule has 0 atom stereocenters. The molecule has 0 unspecified atom stereocenters. The van der Waals surface area contributed by atoms with Gasteiger partial charge in [0, 0.05) is 11.8 Å². The van der Waals surface area contributed by atoms with Crippen molar-refractivity contribution in [1.29, 1.82) is 0 Å². The van der Waals surface area contributed by atoms with E-state index >= 15 is 0 Å². The predicted molar refractivity (Wildman–Crippen MR) is 120 cm³/mol. The first-order valence-corrected chi connectivity index (χ1v) is 10.6. The van der Waals surface area contributed by atoms with E-state index < -0.39 is 5.69 Å². The topological polar surface area (TPSA) is 167 Å². The summed E-state index contributed by atoms with van der Waals surface area (Å²) < 4.78 is 3.25. The monoisotopic (exact) mass is 457 g/mol. The zero-order valence-corrected chi connectivity index (χ0v) is 17.8. The molecule has 1 aliphatic rings. The second-order valence-corrected chi connectivity index (χ2v) is 7.85. The van der Waals surface area contributed by atoms with E-state index in [0.29, 0.717) is 29.0 Å². The van der Waals surface area contributed by atoms with Crippen LogP contribution in [0.3, 0.4) is 0 Å². The maximum atomic E-state index is 11.5. The average molecular weight is 457 g/mol. The number of benzene rings is 1. The average Bonchev–Trinajstić information content (AvgIpc) is 3.20. The first-order valence-electron chi connectivity index (χ1n) is 10.6. The predicted octanol–water partition coefficient (Wildman–Crippen LogP) is -0.350. The number of H-pyrrole nitrogens is 2. The Bertz CT molecular complexity index is 1660. The largest absolute Gasteiger partial charge is 0.493 e. The van der Waals surface area contributed by atoms with Gasteiger partial charge in [0.15, 0.2) is 5.65 Å². The Kier molecular flexibility index (Phi) is 4.64. The lowest BCUT2D eigenvalue weighted by molar-refractivity contribution is 0.454. The fourth-order valence-corrected chi connectivity index (χ4v) is 3.55. The molecule has 1 fully saturated rings. The van der Waals surface area contributed by atoms with Gasteiger partial charge < -0.3 is 15.4 Å². The van der Waals surface area contributed by atoms with Crippen LogP contribution in [0.15, 0.2) is 52.9 Å². The van der Waals surface area contributed by atoms with Crippen LogP contribution in [-0.4, -0.2) is 55.5 Å². The van der Waals surface area contributed by atoms with E-state index in [0.717, 1.165) is 24.1 Å². The Labute approximate surface area is 190 Å². The molecule has 0 saturated heterocycles. The SMILES string of the molecule is O=c1[nH]c(O)c(/C=c2\cnn3c(=NC4CC4)nc(NCc4ccccc4-n4cncn4)nc23)[nH]1. The van der Waals surface area contributed by atoms with Crippen molar-refractivity contribution in [2.24, 2.45) is 4.99 Å². The lowest BCUT2D eigenvalue weighted by Crippen LogP contribution is -2.25. The van der Waals surface area contributed by atoms with Gasteiger partial charge in [-0.1, -0.05) is 18.2 Å². The summed E-state index contributed by atoms with van der Waals surface area (Å²) in [5, 5.41) is 22.4. The Morgan fingerprint density at radius 2 is 2.09 bits per heavy atom. The Balaban J connectivity index is 1.41. The summed E-state index contributed by atoms with van der Waals surface area (Å²) >= 11 is 0. The molecular weight excluding hydrogens is 438 g/mol. The second-order valence-electron chi connectivity index (χ2n) is 7.85. The van der Waals surface area contributed by atoms with Gasteiger partial charge in [-0.3, -0.25) is 4.98 Å². The first-order chi connectivity index (χ1) is 16.6. The van der Waals surface area contributed by atoms with Gasteiger partial charge in [0.2, 0.25) is 11.8 Å². The van der Waals surface area contributed by atoms with Crippen LogP contribution in [0, 0.1) is 0 Å². The van der Waals surface area contributed by atoms with E-state index in [1.807, 2.05) is 24.3 Å². The summed E-state index contributed by atoms with van der Waals surface area (Å²) in [6, 6.07) is 8.05. The molecule has 0 amide bonds. The first kappa shape index (κ1) is 19.8. The molecule has 0 radical (unpaired) electrons. The van der Waals surface area contributed by atoms with Crippen molar-refractivity contribution in [3.63, 3.8) is 0 Å². The molecule has 6 rings (SSSR count). The van der Waals surface area contributed by atoms with Crippen molar-refractivity contribution in [1.82, 2.24) is 44.3 Å². The Morgan fingerprint density at radius 1 is 1.21 bits per heavy atom. The quantitative estimate of drug-likeness (QED) is 0.268. The van der Waals surface area contributed by atoms with Crippen molar-refractivity contribution in [2.75, 3.05) is 5.32 Å². The maximum absolute atomic E-state index is 11.5. The molecule has 1 aliphatic carbocycles. The van der Waals surface area contributed by atoms with Crippen molar-refractivity contribution in [3.8, 4) is 11.6 Å². The van der Waals surface area contributed by atoms with Crippen molar-refractivity contribution >= 4 is 17.7 Å². The van der Waals surface area contributed by atoms with E-state index in [1.54, 1.807) is 27.8 Å². The number of hydrogen-bond donors (Lipinski definition) is 4. The molecule has 4 heterocycles. The van der Waals surface area contributed by atoms with Gasteiger partial charge in [0.1, 0.15) is 18.3 Å². The van der Waals surface area contributed by atoms with Gasteiger partial charge >= 0.3 is 5.69 Å². The number of imidazole rings is 1. The number of aromatic nitrogens is 9. The summed E-state index contributed by atoms with van der Waals surface area (Å²) in [4.78, 5) is 34.2. The zero-order valence-electron chi connectivity index (χ0n) is 17.8. The third-order valence-corrected chi connectivity index (χ3v) is 5.35. The molecule has 0 aliphatic heterocycles. The van der Waals surface area contributed by atoms with Gasteiger partial charge in [-0.15, -0.1) is 0 Å². The number of aromatic hydroxyl groups is 1.